The highest BCUT2D eigenvalue weighted by Crippen LogP contribution is 2.44. The van der Waals surface area contributed by atoms with Crippen LogP contribution in [0.5, 0.6) is 5.75 Å². The maximum atomic E-state index is 13.4. The quantitative estimate of drug-likeness (QED) is 0.886. The molecule has 0 amide bonds. The molecular formula is C21H24FNO3. The van der Waals surface area contributed by atoms with Gasteiger partial charge in [0.05, 0.1) is 12.2 Å². The predicted octanol–water partition coefficient (Wildman–Crippen LogP) is 3.21. The molecule has 2 aromatic rings. The molecule has 0 saturated carbocycles. The number of hydrogen-bond donors (Lipinski definition) is 2. The first-order valence-corrected chi connectivity index (χ1v) is 9.17. The zero-order valence-electron chi connectivity index (χ0n) is 14.6. The number of hydrogen-bond acceptors (Lipinski definition) is 4. The molecule has 5 heteroatoms. The lowest BCUT2D eigenvalue weighted by Gasteiger charge is -2.46. The molecule has 26 heavy (non-hydrogen) atoms. The van der Waals surface area contributed by atoms with Crippen LogP contribution in [0.1, 0.15) is 42.6 Å². The van der Waals surface area contributed by atoms with Crippen LogP contribution < -0.4 is 4.74 Å². The first-order valence-electron chi connectivity index (χ1n) is 9.17. The Morgan fingerprint density at radius 1 is 1.15 bits per heavy atom. The van der Waals surface area contributed by atoms with Crippen LogP contribution in [0.3, 0.4) is 0 Å². The fourth-order valence-corrected chi connectivity index (χ4v) is 4.08. The molecule has 4 rings (SSSR count). The number of piperidine rings is 1. The summed E-state index contributed by atoms with van der Waals surface area (Å²) in [5.41, 5.74) is 1.06. The highest BCUT2D eigenvalue weighted by Gasteiger charge is 2.43. The summed E-state index contributed by atoms with van der Waals surface area (Å²) in [5.74, 6) is 0.231. The largest absolute Gasteiger partial charge is 0.487 e. The molecule has 1 saturated heterocycles. The van der Waals surface area contributed by atoms with Crippen molar-refractivity contribution >= 4 is 0 Å². The van der Waals surface area contributed by atoms with Crippen LogP contribution in [-0.4, -0.2) is 40.3 Å². The normalized spacial score (nSPS) is 23.3. The number of ether oxygens (including phenoxy) is 1. The van der Waals surface area contributed by atoms with Crippen molar-refractivity contribution in [3.8, 4) is 5.75 Å². The van der Waals surface area contributed by atoms with E-state index in [1.165, 1.54) is 12.1 Å². The van der Waals surface area contributed by atoms with E-state index in [-0.39, 0.29) is 5.82 Å². The lowest BCUT2D eigenvalue weighted by Crippen LogP contribution is -2.51. The van der Waals surface area contributed by atoms with E-state index < -0.39 is 17.8 Å². The third kappa shape index (κ3) is 3.47. The molecule has 0 aliphatic carbocycles. The molecule has 0 aromatic heterocycles. The molecule has 1 spiro atoms. The van der Waals surface area contributed by atoms with E-state index in [1.807, 2.05) is 30.3 Å². The molecule has 2 aliphatic heterocycles. The molecule has 0 bridgehead atoms. The van der Waals surface area contributed by atoms with Crippen LogP contribution in [0.2, 0.25) is 0 Å². The highest BCUT2D eigenvalue weighted by atomic mass is 19.1. The molecule has 2 aliphatic rings. The molecule has 1 fully saturated rings. The second kappa shape index (κ2) is 6.99. The minimum absolute atomic E-state index is 0.355. The van der Waals surface area contributed by atoms with Crippen molar-refractivity contribution in [1.29, 1.82) is 0 Å². The van der Waals surface area contributed by atoms with Crippen molar-refractivity contribution in [2.24, 2.45) is 0 Å². The summed E-state index contributed by atoms with van der Waals surface area (Å²) < 4.78 is 19.6. The Morgan fingerprint density at radius 3 is 2.62 bits per heavy atom. The van der Waals surface area contributed by atoms with Gasteiger partial charge in [-0.2, -0.15) is 0 Å². The monoisotopic (exact) mass is 357 g/mol. The van der Waals surface area contributed by atoms with Gasteiger partial charge in [0, 0.05) is 31.6 Å². The Morgan fingerprint density at radius 2 is 1.88 bits per heavy atom. The van der Waals surface area contributed by atoms with Gasteiger partial charge in [-0.05, 0) is 36.6 Å². The van der Waals surface area contributed by atoms with Crippen LogP contribution >= 0.6 is 0 Å². The van der Waals surface area contributed by atoms with Gasteiger partial charge >= 0.3 is 0 Å². The summed E-state index contributed by atoms with van der Waals surface area (Å²) in [6, 6.07) is 14.0. The number of nitrogens with zero attached hydrogens (tertiary/aromatic N) is 1. The van der Waals surface area contributed by atoms with E-state index in [2.05, 4.69) is 4.90 Å². The smallest absolute Gasteiger partial charge is 0.126 e. The number of rotatable bonds is 3. The van der Waals surface area contributed by atoms with Crippen LogP contribution in [0, 0.1) is 5.82 Å². The standard InChI is InChI=1S/C21H24FNO3/c22-16-6-7-20-17(12-16)18(24)13-21(26-20)8-10-23(11-9-21)14-19(25)15-4-2-1-3-5-15/h1-7,12,18-19,24-25H,8-11,13-14H2. The van der Waals surface area contributed by atoms with Crippen molar-refractivity contribution in [1.82, 2.24) is 4.90 Å². The summed E-state index contributed by atoms with van der Waals surface area (Å²) in [6.45, 7) is 2.19. The van der Waals surface area contributed by atoms with Crippen molar-refractivity contribution in [3.05, 3.63) is 65.5 Å². The Bertz CT molecular complexity index is 759. The number of benzene rings is 2. The van der Waals surface area contributed by atoms with E-state index in [1.54, 1.807) is 6.07 Å². The average molecular weight is 357 g/mol. The van der Waals surface area contributed by atoms with Crippen molar-refractivity contribution in [2.75, 3.05) is 19.6 Å². The zero-order valence-corrected chi connectivity index (χ0v) is 14.6. The second-order valence-electron chi connectivity index (χ2n) is 7.41. The lowest BCUT2D eigenvalue weighted by molar-refractivity contribution is -0.0589. The van der Waals surface area contributed by atoms with E-state index in [4.69, 9.17) is 4.74 Å². The third-order valence-corrected chi connectivity index (χ3v) is 5.61. The Kier molecular flexibility index (Phi) is 4.69. The SMILES string of the molecule is OC(CN1CCC2(CC1)CC(O)c1cc(F)ccc1O2)c1ccccc1. The van der Waals surface area contributed by atoms with Gasteiger partial charge in [-0.25, -0.2) is 4.39 Å². The van der Waals surface area contributed by atoms with Gasteiger partial charge in [0.25, 0.3) is 0 Å². The summed E-state index contributed by atoms with van der Waals surface area (Å²) in [7, 11) is 0. The third-order valence-electron chi connectivity index (χ3n) is 5.61. The first kappa shape index (κ1) is 17.5. The Hall–Kier alpha value is -1.95. The van der Waals surface area contributed by atoms with Crippen molar-refractivity contribution in [2.45, 2.75) is 37.1 Å². The second-order valence-corrected chi connectivity index (χ2v) is 7.41. The van der Waals surface area contributed by atoms with Gasteiger partial charge < -0.3 is 19.8 Å². The van der Waals surface area contributed by atoms with Gasteiger partial charge in [0.2, 0.25) is 0 Å². The zero-order chi connectivity index (χ0) is 18.1. The Balaban J connectivity index is 1.40. The maximum Gasteiger partial charge on any atom is 0.126 e. The number of fused-ring (bicyclic) bond motifs is 1. The molecule has 2 aromatic carbocycles. The van der Waals surface area contributed by atoms with Crippen LogP contribution in [0.25, 0.3) is 0 Å². The fourth-order valence-electron chi connectivity index (χ4n) is 4.08. The Labute approximate surface area is 152 Å². The number of aliphatic hydroxyl groups excluding tert-OH is 2. The van der Waals surface area contributed by atoms with Gasteiger partial charge in [-0.3, -0.25) is 0 Å². The van der Waals surface area contributed by atoms with E-state index in [0.717, 1.165) is 31.5 Å². The first-order chi connectivity index (χ1) is 12.5. The molecule has 4 nitrogen and oxygen atoms in total. The van der Waals surface area contributed by atoms with Crippen molar-refractivity contribution < 1.29 is 19.3 Å². The van der Waals surface area contributed by atoms with Gasteiger partial charge in [-0.15, -0.1) is 0 Å². The predicted molar refractivity (Wildman–Crippen MR) is 96.4 cm³/mol. The summed E-state index contributed by atoms with van der Waals surface area (Å²) in [5, 5.41) is 20.9. The molecule has 138 valence electrons. The molecule has 2 N–H and O–H groups in total. The van der Waals surface area contributed by atoms with Crippen LogP contribution in [0.4, 0.5) is 4.39 Å². The molecular weight excluding hydrogens is 333 g/mol. The van der Waals surface area contributed by atoms with E-state index in [0.29, 0.717) is 24.3 Å². The minimum atomic E-state index is -0.698. The van der Waals surface area contributed by atoms with Crippen molar-refractivity contribution in [3.63, 3.8) is 0 Å². The van der Waals surface area contributed by atoms with E-state index in [9.17, 15) is 14.6 Å². The fraction of sp³-hybridized carbons (Fsp3) is 0.429. The van der Waals surface area contributed by atoms with Gasteiger partial charge in [0.1, 0.15) is 17.2 Å². The maximum absolute atomic E-state index is 13.4. The minimum Gasteiger partial charge on any atom is -0.487 e. The molecule has 2 heterocycles. The molecule has 2 unspecified atom stereocenters. The number of likely N-dealkylation sites (tertiary alicyclic amines) is 1. The van der Waals surface area contributed by atoms with Gasteiger partial charge in [0.15, 0.2) is 0 Å². The number of aliphatic hydroxyl groups is 2. The highest BCUT2D eigenvalue weighted by molar-refractivity contribution is 5.38. The van der Waals surface area contributed by atoms with Crippen LogP contribution in [0.15, 0.2) is 48.5 Å². The van der Waals surface area contributed by atoms with Crippen LogP contribution in [-0.2, 0) is 0 Å². The number of β-amino-alcohol motifs (C(OH)–C–C–N with tert-alkyl or cyclic N) is 1. The lowest BCUT2D eigenvalue weighted by atomic mass is 9.81. The van der Waals surface area contributed by atoms with E-state index >= 15 is 0 Å². The summed E-state index contributed by atoms with van der Waals surface area (Å²) in [6.07, 6.45) is 0.839. The molecule has 2 atom stereocenters. The topological polar surface area (TPSA) is 52.9 Å². The average Bonchev–Trinajstić information content (AvgIpc) is 2.65. The summed E-state index contributed by atoms with van der Waals surface area (Å²) in [4.78, 5) is 2.23. The number of halogens is 1. The summed E-state index contributed by atoms with van der Waals surface area (Å²) >= 11 is 0. The molecule has 0 radical (unpaired) electrons. The van der Waals surface area contributed by atoms with Gasteiger partial charge in [-0.1, -0.05) is 30.3 Å².